The Balaban J connectivity index is 1.76. The number of aliphatic hydroxyl groups excluding tert-OH is 1. The van der Waals surface area contributed by atoms with Gasteiger partial charge >= 0.3 is 0 Å². The molecule has 0 bridgehead atoms. The molecular weight excluding hydrogens is 276 g/mol. The molecule has 4 heteroatoms. The molecule has 0 saturated carbocycles. The molecule has 0 aromatic heterocycles. The van der Waals surface area contributed by atoms with Crippen LogP contribution in [0.1, 0.15) is 43.4 Å². The van der Waals surface area contributed by atoms with E-state index in [1.54, 1.807) is 0 Å². The van der Waals surface area contributed by atoms with Gasteiger partial charge in [-0.3, -0.25) is 4.79 Å². The van der Waals surface area contributed by atoms with Gasteiger partial charge in [0.15, 0.2) is 0 Å². The highest BCUT2D eigenvalue weighted by atomic mass is 16.3. The maximum atomic E-state index is 12.1. The van der Waals surface area contributed by atoms with Gasteiger partial charge in [0, 0.05) is 13.0 Å². The van der Waals surface area contributed by atoms with Crippen molar-refractivity contribution in [2.45, 2.75) is 39.2 Å². The Labute approximate surface area is 133 Å². The van der Waals surface area contributed by atoms with Crippen molar-refractivity contribution in [3.8, 4) is 0 Å². The second-order valence-electron chi connectivity index (χ2n) is 6.45. The first-order valence-corrected chi connectivity index (χ1v) is 8.29. The summed E-state index contributed by atoms with van der Waals surface area (Å²) in [6.07, 6.45) is 2.21. The summed E-state index contributed by atoms with van der Waals surface area (Å²) in [6, 6.07) is 7.74. The summed E-state index contributed by atoms with van der Waals surface area (Å²) >= 11 is 0. The summed E-state index contributed by atoms with van der Waals surface area (Å²) in [4.78, 5) is 12.1. The number of aryl methyl sites for hydroxylation is 1. The number of rotatable bonds is 6. The van der Waals surface area contributed by atoms with Crippen LogP contribution in [-0.4, -0.2) is 30.6 Å². The maximum Gasteiger partial charge on any atom is 0.220 e. The van der Waals surface area contributed by atoms with E-state index < -0.39 is 6.10 Å². The van der Waals surface area contributed by atoms with Crippen LogP contribution < -0.4 is 10.6 Å². The van der Waals surface area contributed by atoms with Crippen LogP contribution in [0.25, 0.3) is 0 Å². The number of piperidine rings is 1. The molecule has 2 rings (SSSR count). The summed E-state index contributed by atoms with van der Waals surface area (Å²) in [5, 5.41) is 16.4. The molecule has 1 aromatic carbocycles. The smallest absolute Gasteiger partial charge is 0.220 e. The summed E-state index contributed by atoms with van der Waals surface area (Å²) in [5.74, 6) is 1.07. The predicted octanol–water partition coefficient (Wildman–Crippen LogP) is 2.17. The number of hydrogen-bond acceptors (Lipinski definition) is 3. The molecule has 4 nitrogen and oxygen atoms in total. The maximum absolute atomic E-state index is 12.1. The lowest BCUT2D eigenvalue weighted by Gasteiger charge is -2.28. The Kier molecular flexibility index (Phi) is 6.40. The topological polar surface area (TPSA) is 61.4 Å². The minimum atomic E-state index is -0.640. The van der Waals surface area contributed by atoms with E-state index in [2.05, 4.69) is 17.6 Å². The van der Waals surface area contributed by atoms with Gasteiger partial charge in [0.1, 0.15) is 0 Å². The van der Waals surface area contributed by atoms with Crippen molar-refractivity contribution in [3.05, 3.63) is 35.4 Å². The lowest BCUT2D eigenvalue weighted by Crippen LogP contribution is -2.34. The highest BCUT2D eigenvalue weighted by molar-refractivity contribution is 5.76. The highest BCUT2D eigenvalue weighted by Gasteiger charge is 2.22. The third-order valence-electron chi connectivity index (χ3n) is 4.74. The van der Waals surface area contributed by atoms with Gasteiger partial charge in [-0.1, -0.05) is 31.2 Å². The predicted molar refractivity (Wildman–Crippen MR) is 88.5 cm³/mol. The van der Waals surface area contributed by atoms with Gasteiger partial charge in [-0.05, 0) is 55.8 Å². The van der Waals surface area contributed by atoms with Crippen LogP contribution in [-0.2, 0) is 4.79 Å². The van der Waals surface area contributed by atoms with Gasteiger partial charge in [-0.2, -0.15) is 0 Å². The van der Waals surface area contributed by atoms with Crippen molar-refractivity contribution in [1.82, 2.24) is 10.6 Å². The van der Waals surface area contributed by atoms with E-state index in [1.807, 2.05) is 31.2 Å². The minimum absolute atomic E-state index is 0.0404. The quantitative estimate of drug-likeness (QED) is 0.755. The number of aliphatic hydroxyl groups is 1. The van der Waals surface area contributed by atoms with E-state index >= 15 is 0 Å². The molecule has 122 valence electrons. The molecule has 1 aromatic rings. The van der Waals surface area contributed by atoms with E-state index in [1.165, 1.54) is 0 Å². The van der Waals surface area contributed by atoms with Crippen LogP contribution in [0.4, 0.5) is 0 Å². The summed E-state index contributed by atoms with van der Waals surface area (Å²) in [5.41, 5.74) is 1.93. The zero-order valence-corrected chi connectivity index (χ0v) is 13.6. The largest absolute Gasteiger partial charge is 0.387 e. The fraction of sp³-hybridized carbons (Fsp3) is 0.611. The van der Waals surface area contributed by atoms with Crippen LogP contribution >= 0.6 is 0 Å². The molecule has 1 amide bonds. The average molecular weight is 304 g/mol. The van der Waals surface area contributed by atoms with E-state index in [0.29, 0.717) is 18.3 Å². The minimum Gasteiger partial charge on any atom is -0.387 e. The van der Waals surface area contributed by atoms with Crippen LogP contribution in [0.3, 0.4) is 0 Å². The Bertz CT molecular complexity index is 484. The number of carbonyl (C=O) groups excluding carboxylic acids is 1. The zero-order valence-electron chi connectivity index (χ0n) is 13.6. The van der Waals surface area contributed by atoms with Crippen molar-refractivity contribution in [2.75, 3.05) is 19.6 Å². The van der Waals surface area contributed by atoms with Gasteiger partial charge in [0.2, 0.25) is 5.91 Å². The highest BCUT2D eigenvalue weighted by Crippen LogP contribution is 2.24. The molecule has 2 atom stereocenters. The number of benzene rings is 1. The standard InChI is InChI=1S/C18H28N2O2/c1-13-5-3-4-6-16(13)17(21)12-20-18(22)11-14(2)15-7-9-19-10-8-15/h3-6,14-15,17,19,21H,7-12H2,1-2H3,(H,20,22). The number of hydrogen-bond donors (Lipinski definition) is 3. The molecule has 1 aliphatic heterocycles. The lowest BCUT2D eigenvalue weighted by molar-refractivity contribution is -0.122. The third-order valence-corrected chi connectivity index (χ3v) is 4.74. The molecule has 1 heterocycles. The Morgan fingerprint density at radius 2 is 2.05 bits per heavy atom. The zero-order chi connectivity index (χ0) is 15.9. The molecule has 1 fully saturated rings. The molecule has 1 saturated heterocycles. The van der Waals surface area contributed by atoms with E-state index in [-0.39, 0.29) is 12.5 Å². The summed E-state index contributed by atoms with van der Waals surface area (Å²) in [7, 11) is 0. The van der Waals surface area contributed by atoms with Gasteiger partial charge < -0.3 is 15.7 Å². The van der Waals surface area contributed by atoms with Gasteiger partial charge in [0.25, 0.3) is 0 Å². The molecule has 3 N–H and O–H groups in total. The van der Waals surface area contributed by atoms with Crippen LogP contribution in [0.2, 0.25) is 0 Å². The second-order valence-corrected chi connectivity index (χ2v) is 6.45. The van der Waals surface area contributed by atoms with Crippen molar-refractivity contribution in [3.63, 3.8) is 0 Å². The van der Waals surface area contributed by atoms with Gasteiger partial charge in [0.05, 0.1) is 6.10 Å². The van der Waals surface area contributed by atoms with Crippen molar-refractivity contribution in [1.29, 1.82) is 0 Å². The number of carbonyl (C=O) groups is 1. The molecule has 0 spiro atoms. The third kappa shape index (κ3) is 4.82. The van der Waals surface area contributed by atoms with Gasteiger partial charge in [-0.15, -0.1) is 0 Å². The molecular formula is C18H28N2O2. The van der Waals surface area contributed by atoms with E-state index in [9.17, 15) is 9.90 Å². The first-order valence-electron chi connectivity index (χ1n) is 8.29. The van der Waals surface area contributed by atoms with Crippen LogP contribution in [0, 0.1) is 18.8 Å². The lowest BCUT2D eigenvalue weighted by atomic mass is 9.84. The summed E-state index contributed by atoms with van der Waals surface area (Å²) in [6.45, 7) is 6.53. The van der Waals surface area contributed by atoms with E-state index in [4.69, 9.17) is 0 Å². The molecule has 0 aliphatic carbocycles. The Morgan fingerprint density at radius 3 is 2.73 bits per heavy atom. The molecule has 2 unspecified atom stereocenters. The average Bonchev–Trinajstić information content (AvgIpc) is 2.54. The van der Waals surface area contributed by atoms with Crippen molar-refractivity contribution in [2.24, 2.45) is 11.8 Å². The molecule has 1 aliphatic rings. The second kappa shape index (κ2) is 8.30. The fourth-order valence-corrected chi connectivity index (χ4v) is 3.23. The fourth-order valence-electron chi connectivity index (χ4n) is 3.23. The normalized spacial score (nSPS) is 18.7. The first kappa shape index (κ1) is 17.0. The number of nitrogens with one attached hydrogen (secondary N) is 2. The first-order chi connectivity index (χ1) is 10.6. The SMILES string of the molecule is Cc1ccccc1C(O)CNC(=O)CC(C)C1CCNCC1. The van der Waals surface area contributed by atoms with E-state index in [0.717, 1.165) is 37.1 Å². The monoisotopic (exact) mass is 304 g/mol. The van der Waals surface area contributed by atoms with Crippen molar-refractivity contribution >= 4 is 5.91 Å². The summed E-state index contributed by atoms with van der Waals surface area (Å²) < 4.78 is 0. The number of amides is 1. The van der Waals surface area contributed by atoms with Gasteiger partial charge in [-0.25, -0.2) is 0 Å². The molecule has 0 radical (unpaired) electrons. The van der Waals surface area contributed by atoms with Crippen LogP contribution in [0.15, 0.2) is 24.3 Å². The molecule has 22 heavy (non-hydrogen) atoms. The van der Waals surface area contributed by atoms with Crippen molar-refractivity contribution < 1.29 is 9.90 Å². The van der Waals surface area contributed by atoms with Crippen LogP contribution in [0.5, 0.6) is 0 Å². The Morgan fingerprint density at radius 1 is 1.36 bits per heavy atom. The Hall–Kier alpha value is -1.39.